The highest BCUT2D eigenvalue weighted by atomic mass is 19.1. The normalized spacial score (nSPS) is 10.2. The van der Waals surface area contributed by atoms with E-state index >= 15 is 0 Å². The van der Waals surface area contributed by atoms with Gasteiger partial charge in [-0.05, 0) is 24.3 Å². The molecule has 1 amide bonds. The molecule has 1 heterocycles. The number of halogens is 2. The average molecular weight is 327 g/mol. The van der Waals surface area contributed by atoms with Crippen LogP contribution in [0.25, 0.3) is 0 Å². The molecule has 120 valence electrons. The molecule has 3 aromatic rings. The molecule has 0 spiro atoms. The molecule has 5 nitrogen and oxygen atoms in total. The quantitative estimate of drug-likeness (QED) is 0.791. The number of anilines is 1. The van der Waals surface area contributed by atoms with Crippen molar-refractivity contribution >= 4 is 11.6 Å². The lowest BCUT2D eigenvalue weighted by atomic mass is 10.1. The highest BCUT2D eigenvalue weighted by Crippen LogP contribution is 2.23. The summed E-state index contributed by atoms with van der Waals surface area (Å²) >= 11 is 0. The molecule has 0 radical (unpaired) electrons. The molecule has 1 N–H and O–H groups in total. The van der Waals surface area contributed by atoms with Crippen LogP contribution >= 0.6 is 0 Å². The summed E-state index contributed by atoms with van der Waals surface area (Å²) in [6.45, 7) is 0. The Labute approximate surface area is 136 Å². The molecule has 0 unspecified atom stereocenters. The van der Waals surface area contributed by atoms with Gasteiger partial charge in [-0.2, -0.15) is 0 Å². The Hall–Kier alpha value is -3.35. The predicted molar refractivity (Wildman–Crippen MR) is 82.9 cm³/mol. The molecule has 0 bridgehead atoms. The minimum absolute atomic E-state index is 0.279. The molecule has 0 saturated heterocycles. The maximum Gasteiger partial charge on any atom is 0.261 e. The van der Waals surface area contributed by atoms with Crippen molar-refractivity contribution in [2.45, 2.75) is 0 Å². The molecule has 24 heavy (non-hydrogen) atoms. The second-order valence-electron chi connectivity index (χ2n) is 4.72. The van der Waals surface area contributed by atoms with Crippen LogP contribution < -0.4 is 10.1 Å². The van der Waals surface area contributed by atoms with Gasteiger partial charge < -0.3 is 10.1 Å². The van der Waals surface area contributed by atoms with Gasteiger partial charge in [0.1, 0.15) is 22.9 Å². The zero-order valence-corrected chi connectivity index (χ0v) is 12.2. The van der Waals surface area contributed by atoms with Gasteiger partial charge in [0.25, 0.3) is 5.91 Å². The zero-order valence-electron chi connectivity index (χ0n) is 12.2. The van der Waals surface area contributed by atoms with Crippen LogP contribution in [0, 0.1) is 11.6 Å². The minimum Gasteiger partial charge on any atom is -0.437 e. The summed E-state index contributed by atoms with van der Waals surface area (Å²) < 4.78 is 32.7. The van der Waals surface area contributed by atoms with Crippen LogP contribution in [0.1, 0.15) is 10.4 Å². The first kappa shape index (κ1) is 15.5. The number of hydrogen-bond acceptors (Lipinski definition) is 4. The van der Waals surface area contributed by atoms with Crippen LogP contribution in [0.3, 0.4) is 0 Å². The molecule has 7 heteroatoms. The molecule has 0 fully saturated rings. The van der Waals surface area contributed by atoms with Crippen molar-refractivity contribution < 1.29 is 18.3 Å². The Balaban J connectivity index is 1.78. The summed E-state index contributed by atoms with van der Waals surface area (Å²) in [5, 5.41) is 2.43. The summed E-state index contributed by atoms with van der Waals surface area (Å²) in [4.78, 5) is 19.9. The van der Waals surface area contributed by atoms with Crippen LogP contribution in [0.2, 0.25) is 0 Å². The minimum atomic E-state index is -0.931. The fourth-order valence-corrected chi connectivity index (χ4v) is 2.00. The summed E-state index contributed by atoms with van der Waals surface area (Å²) in [5.74, 6) is -2.08. The smallest absolute Gasteiger partial charge is 0.261 e. The summed E-state index contributed by atoms with van der Waals surface area (Å²) in [6.07, 6.45) is 4.41. The van der Waals surface area contributed by atoms with Crippen LogP contribution in [-0.4, -0.2) is 15.9 Å². The van der Waals surface area contributed by atoms with Crippen LogP contribution in [0.4, 0.5) is 14.5 Å². The largest absolute Gasteiger partial charge is 0.437 e. The first-order chi connectivity index (χ1) is 11.6. The standard InChI is InChI=1S/C17H11F2N3O2/c18-13-5-2-6-14(19)16(13)17(23)22-11-3-1-4-12(9-11)24-15-10-20-7-8-21-15/h1-10H,(H,22,23). The molecule has 1 aromatic heterocycles. The van der Waals surface area contributed by atoms with E-state index in [-0.39, 0.29) is 5.88 Å². The Morgan fingerprint density at radius 3 is 2.50 bits per heavy atom. The molecule has 0 atom stereocenters. The topological polar surface area (TPSA) is 64.1 Å². The van der Waals surface area contributed by atoms with Gasteiger partial charge in [-0.3, -0.25) is 9.78 Å². The number of rotatable bonds is 4. The number of nitrogens with one attached hydrogen (secondary N) is 1. The number of nitrogens with zero attached hydrogens (tertiary/aromatic N) is 2. The van der Waals surface area contributed by atoms with E-state index in [1.807, 2.05) is 0 Å². The van der Waals surface area contributed by atoms with E-state index in [1.54, 1.807) is 18.2 Å². The number of hydrogen-bond donors (Lipinski definition) is 1. The first-order valence-electron chi connectivity index (χ1n) is 6.93. The molecule has 3 rings (SSSR count). The lowest BCUT2D eigenvalue weighted by molar-refractivity contribution is 0.101. The van der Waals surface area contributed by atoms with E-state index in [4.69, 9.17) is 4.74 Å². The predicted octanol–water partition coefficient (Wildman–Crippen LogP) is 3.80. The molecular formula is C17H11F2N3O2. The van der Waals surface area contributed by atoms with Gasteiger partial charge in [0.2, 0.25) is 5.88 Å². The van der Waals surface area contributed by atoms with Gasteiger partial charge in [0.05, 0.1) is 6.20 Å². The van der Waals surface area contributed by atoms with Crippen molar-refractivity contribution in [1.82, 2.24) is 9.97 Å². The SMILES string of the molecule is O=C(Nc1cccc(Oc2cnccn2)c1)c1c(F)cccc1F. The number of amides is 1. The van der Waals surface area contributed by atoms with E-state index in [2.05, 4.69) is 15.3 Å². The van der Waals surface area contributed by atoms with Gasteiger partial charge in [-0.25, -0.2) is 13.8 Å². The Morgan fingerprint density at radius 1 is 1.04 bits per heavy atom. The molecule has 0 aliphatic heterocycles. The number of aromatic nitrogens is 2. The van der Waals surface area contributed by atoms with Crippen molar-refractivity contribution in [1.29, 1.82) is 0 Å². The van der Waals surface area contributed by atoms with E-state index in [0.29, 0.717) is 11.4 Å². The Kier molecular flexibility index (Phi) is 4.42. The summed E-state index contributed by atoms with van der Waals surface area (Å²) in [5.41, 5.74) is -0.318. The Morgan fingerprint density at radius 2 is 1.79 bits per heavy atom. The fourth-order valence-electron chi connectivity index (χ4n) is 2.00. The van der Waals surface area contributed by atoms with E-state index in [0.717, 1.165) is 12.1 Å². The van der Waals surface area contributed by atoms with E-state index in [1.165, 1.54) is 30.7 Å². The average Bonchev–Trinajstić information content (AvgIpc) is 2.56. The molecule has 2 aromatic carbocycles. The third kappa shape index (κ3) is 3.52. The van der Waals surface area contributed by atoms with Crippen molar-refractivity contribution in [3.63, 3.8) is 0 Å². The monoisotopic (exact) mass is 327 g/mol. The van der Waals surface area contributed by atoms with Gasteiger partial charge >= 0.3 is 0 Å². The van der Waals surface area contributed by atoms with Crippen LogP contribution in [0.15, 0.2) is 61.1 Å². The second-order valence-corrected chi connectivity index (χ2v) is 4.72. The second kappa shape index (κ2) is 6.82. The molecule has 0 saturated carbocycles. The summed E-state index contributed by atoms with van der Waals surface area (Å²) in [6, 6.07) is 9.58. The zero-order chi connectivity index (χ0) is 16.9. The molecule has 0 aliphatic rings. The molecular weight excluding hydrogens is 316 g/mol. The van der Waals surface area contributed by atoms with Gasteiger partial charge in [-0.15, -0.1) is 0 Å². The number of carbonyl (C=O) groups is 1. The van der Waals surface area contributed by atoms with E-state index in [9.17, 15) is 13.6 Å². The lowest BCUT2D eigenvalue weighted by Gasteiger charge is -2.09. The van der Waals surface area contributed by atoms with Crippen LogP contribution in [0.5, 0.6) is 11.6 Å². The number of ether oxygens (including phenoxy) is 1. The van der Waals surface area contributed by atoms with E-state index < -0.39 is 23.1 Å². The summed E-state index contributed by atoms with van der Waals surface area (Å²) in [7, 11) is 0. The first-order valence-corrected chi connectivity index (χ1v) is 6.93. The fraction of sp³-hybridized carbons (Fsp3) is 0. The highest BCUT2D eigenvalue weighted by Gasteiger charge is 2.17. The van der Waals surface area contributed by atoms with Gasteiger partial charge in [-0.1, -0.05) is 12.1 Å². The maximum absolute atomic E-state index is 13.6. The van der Waals surface area contributed by atoms with Gasteiger partial charge in [0.15, 0.2) is 0 Å². The van der Waals surface area contributed by atoms with Crippen molar-refractivity contribution in [3.05, 3.63) is 78.3 Å². The Bertz CT molecular complexity index is 852. The van der Waals surface area contributed by atoms with Gasteiger partial charge in [0, 0.05) is 24.1 Å². The maximum atomic E-state index is 13.6. The number of benzene rings is 2. The van der Waals surface area contributed by atoms with Crippen molar-refractivity contribution in [3.8, 4) is 11.6 Å². The third-order valence-corrected chi connectivity index (χ3v) is 3.04. The third-order valence-electron chi connectivity index (χ3n) is 3.04. The molecule has 0 aliphatic carbocycles. The highest BCUT2D eigenvalue weighted by molar-refractivity contribution is 6.04. The van der Waals surface area contributed by atoms with Crippen LogP contribution in [-0.2, 0) is 0 Å². The lowest BCUT2D eigenvalue weighted by Crippen LogP contribution is -2.15. The van der Waals surface area contributed by atoms with Crippen molar-refractivity contribution in [2.24, 2.45) is 0 Å². The number of carbonyl (C=O) groups excluding carboxylic acids is 1. The van der Waals surface area contributed by atoms with Crippen molar-refractivity contribution in [2.75, 3.05) is 5.32 Å².